The molecule has 1 saturated heterocycles. The summed E-state index contributed by atoms with van der Waals surface area (Å²) < 4.78 is 0. The molecule has 1 aliphatic heterocycles. The van der Waals surface area contributed by atoms with Gasteiger partial charge < -0.3 is 10.2 Å². The van der Waals surface area contributed by atoms with E-state index < -0.39 is 0 Å². The zero-order chi connectivity index (χ0) is 13.0. The van der Waals surface area contributed by atoms with Crippen LogP contribution in [0.1, 0.15) is 18.4 Å². The summed E-state index contributed by atoms with van der Waals surface area (Å²) in [5.74, 6) is 0. The van der Waals surface area contributed by atoms with Crippen molar-refractivity contribution in [2.75, 3.05) is 39.1 Å². The van der Waals surface area contributed by atoms with Crippen LogP contribution >= 0.6 is 0 Å². The molecule has 0 saturated carbocycles. The molecule has 0 aliphatic carbocycles. The van der Waals surface area contributed by atoms with Gasteiger partial charge in [-0.3, -0.25) is 4.90 Å². The minimum Gasteiger partial charge on any atom is -0.378 e. The molecule has 1 aromatic carbocycles. The van der Waals surface area contributed by atoms with Crippen molar-refractivity contribution in [2.45, 2.75) is 25.4 Å². The fourth-order valence-corrected chi connectivity index (χ4v) is 2.70. The maximum absolute atomic E-state index is 3.30. The van der Waals surface area contributed by atoms with Crippen LogP contribution in [0.2, 0.25) is 0 Å². The van der Waals surface area contributed by atoms with Crippen LogP contribution in [0.3, 0.4) is 0 Å². The molecule has 3 nitrogen and oxygen atoms in total. The summed E-state index contributed by atoms with van der Waals surface area (Å²) in [5, 5.41) is 3.30. The van der Waals surface area contributed by atoms with Crippen molar-refractivity contribution < 1.29 is 0 Å². The van der Waals surface area contributed by atoms with E-state index in [4.69, 9.17) is 0 Å². The summed E-state index contributed by atoms with van der Waals surface area (Å²) in [6.07, 6.45) is 2.67. The number of likely N-dealkylation sites (N-methyl/N-ethyl adjacent to an activating group) is 1. The molecule has 0 spiro atoms. The van der Waals surface area contributed by atoms with Gasteiger partial charge in [0.15, 0.2) is 0 Å². The highest BCUT2D eigenvalue weighted by Gasteiger charge is 2.23. The number of nitrogens with zero attached hydrogens (tertiary/aromatic N) is 2. The molecular formula is C15H25N3. The van der Waals surface area contributed by atoms with Gasteiger partial charge in [0.25, 0.3) is 0 Å². The lowest BCUT2D eigenvalue weighted by Gasteiger charge is -2.24. The van der Waals surface area contributed by atoms with Crippen LogP contribution < -0.4 is 10.2 Å². The lowest BCUT2D eigenvalue weighted by molar-refractivity contribution is 0.242. The van der Waals surface area contributed by atoms with Crippen molar-refractivity contribution in [3.05, 3.63) is 29.8 Å². The van der Waals surface area contributed by atoms with E-state index in [2.05, 4.69) is 53.5 Å². The van der Waals surface area contributed by atoms with Crippen LogP contribution in [0.15, 0.2) is 24.3 Å². The maximum atomic E-state index is 3.30. The molecule has 1 N–H and O–H groups in total. The summed E-state index contributed by atoms with van der Waals surface area (Å²) in [6.45, 7) is 3.43. The van der Waals surface area contributed by atoms with E-state index in [0.717, 1.165) is 13.1 Å². The Morgan fingerprint density at radius 2 is 2.00 bits per heavy atom. The van der Waals surface area contributed by atoms with Gasteiger partial charge in [-0.1, -0.05) is 12.1 Å². The van der Waals surface area contributed by atoms with Crippen LogP contribution in [0.5, 0.6) is 0 Å². The van der Waals surface area contributed by atoms with Gasteiger partial charge in [-0.2, -0.15) is 0 Å². The summed E-state index contributed by atoms with van der Waals surface area (Å²) in [7, 11) is 6.21. The molecule has 1 atom stereocenters. The number of anilines is 1. The van der Waals surface area contributed by atoms with E-state index in [-0.39, 0.29) is 0 Å². The first-order valence-corrected chi connectivity index (χ1v) is 6.85. The van der Waals surface area contributed by atoms with Gasteiger partial charge in [0, 0.05) is 38.9 Å². The standard InChI is InChI=1S/C15H25N3/c1-16-11-15-5-4-10-18(15)12-13-6-8-14(9-7-13)17(2)3/h6-9,15-16H,4-5,10-12H2,1-3H3. The number of benzene rings is 1. The highest BCUT2D eigenvalue weighted by atomic mass is 15.2. The molecule has 1 aliphatic rings. The Hall–Kier alpha value is -1.06. The minimum absolute atomic E-state index is 0.712. The fourth-order valence-electron chi connectivity index (χ4n) is 2.70. The zero-order valence-electron chi connectivity index (χ0n) is 11.8. The van der Waals surface area contributed by atoms with Gasteiger partial charge >= 0.3 is 0 Å². The first kappa shape index (κ1) is 13.4. The van der Waals surface area contributed by atoms with Crippen LogP contribution in [0.25, 0.3) is 0 Å². The van der Waals surface area contributed by atoms with E-state index in [0.29, 0.717) is 6.04 Å². The molecule has 0 radical (unpaired) electrons. The Bertz CT molecular complexity index is 359. The van der Waals surface area contributed by atoms with E-state index >= 15 is 0 Å². The second-order valence-electron chi connectivity index (χ2n) is 5.39. The SMILES string of the molecule is CNCC1CCCN1Cc1ccc(N(C)C)cc1. The van der Waals surface area contributed by atoms with Crippen molar-refractivity contribution in [3.8, 4) is 0 Å². The fraction of sp³-hybridized carbons (Fsp3) is 0.600. The normalized spacial score (nSPS) is 20.3. The minimum atomic E-state index is 0.712. The maximum Gasteiger partial charge on any atom is 0.0361 e. The second-order valence-corrected chi connectivity index (χ2v) is 5.39. The average molecular weight is 247 g/mol. The smallest absolute Gasteiger partial charge is 0.0361 e. The van der Waals surface area contributed by atoms with Gasteiger partial charge in [0.1, 0.15) is 0 Å². The van der Waals surface area contributed by atoms with Crippen LogP contribution in [-0.2, 0) is 6.54 Å². The third-order valence-corrected chi connectivity index (χ3v) is 3.78. The molecule has 1 fully saturated rings. The van der Waals surface area contributed by atoms with Crippen molar-refractivity contribution in [1.29, 1.82) is 0 Å². The molecule has 1 unspecified atom stereocenters. The highest BCUT2D eigenvalue weighted by molar-refractivity contribution is 5.45. The number of hydrogen-bond donors (Lipinski definition) is 1. The topological polar surface area (TPSA) is 18.5 Å². The zero-order valence-corrected chi connectivity index (χ0v) is 11.8. The summed E-state index contributed by atoms with van der Waals surface area (Å²) in [4.78, 5) is 4.74. The molecule has 0 amide bonds. The lowest BCUT2D eigenvalue weighted by atomic mass is 10.1. The summed E-state index contributed by atoms with van der Waals surface area (Å²) in [5.41, 5.74) is 2.69. The highest BCUT2D eigenvalue weighted by Crippen LogP contribution is 2.20. The summed E-state index contributed by atoms with van der Waals surface area (Å²) >= 11 is 0. The van der Waals surface area contributed by atoms with Gasteiger partial charge in [-0.25, -0.2) is 0 Å². The first-order chi connectivity index (χ1) is 8.70. The van der Waals surface area contributed by atoms with Gasteiger partial charge in [-0.15, -0.1) is 0 Å². The third-order valence-electron chi connectivity index (χ3n) is 3.78. The molecule has 1 aromatic rings. The van der Waals surface area contributed by atoms with Crippen molar-refractivity contribution >= 4 is 5.69 Å². The average Bonchev–Trinajstić information content (AvgIpc) is 2.78. The van der Waals surface area contributed by atoms with Crippen molar-refractivity contribution in [3.63, 3.8) is 0 Å². The Morgan fingerprint density at radius 1 is 1.28 bits per heavy atom. The lowest BCUT2D eigenvalue weighted by Crippen LogP contribution is -2.36. The second kappa shape index (κ2) is 6.21. The number of hydrogen-bond acceptors (Lipinski definition) is 3. The first-order valence-electron chi connectivity index (χ1n) is 6.85. The van der Waals surface area contributed by atoms with Gasteiger partial charge in [0.05, 0.1) is 0 Å². The van der Waals surface area contributed by atoms with Crippen LogP contribution in [0, 0.1) is 0 Å². The Labute approximate surface area is 111 Å². The molecule has 1 heterocycles. The van der Waals surface area contributed by atoms with E-state index in [1.165, 1.54) is 30.6 Å². The number of likely N-dealkylation sites (tertiary alicyclic amines) is 1. The Balaban J connectivity index is 1.96. The molecular weight excluding hydrogens is 222 g/mol. The van der Waals surface area contributed by atoms with E-state index in [9.17, 15) is 0 Å². The number of rotatable bonds is 5. The molecule has 0 aromatic heterocycles. The summed E-state index contributed by atoms with van der Waals surface area (Å²) in [6, 6.07) is 9.63. The van der Waals surface area contributed by atoms with Gasteiger partial charge in [-0.05, 0) is 44.1 Å². The largest absolute Gasteiger partial charge is 0.378 e. The molecule has 100 valence electrons. The molecule has 0 bridgehead atoms. The molecule has 3 heteroatoms. The Morgan fingerprint density at radius 3 is 2.61 bits per heavy atom. The quantitative estimate of drug-likeness (QED) is 0.858. The number of nitrogens with one attached hydrogen (secondary N) is 1. The van der Waals surface area contributed by atoms with Crippen molar-refractivity contribution in [1.82, 2.24) is 10.2 Å². The monoisotopic (exact) mass is 247 g/mol. The van der Waals surface area contributed by atoms with E-state index in [1.807, 2.05) is 7.05 Å². The van der Waals surface area contributed by atoms with E-state index in [1.54, 1.807) is 0 Å². The predicted molar refractivity (Wildman–Crippen MR) is 78.1 cm³/mol. The third kappa shape index (κ3) is 3.24. The van der Waals surface area contributed by atoms with Crippen LogP contribution in [-0.4, -0.2) is 45.2 Å². The van der Waals surface area contributed by atoms with Crippen LogP contribution in [0.4, 0.5) is 5.69 Å². The predicted octanol–water partition coefficient (Wildman–Crippen LogP) is 1.94. The molecule has 2 rings (SSSR count). The van der Waals surface area contributed by atoms with Crippen molar-refractivity contribution in [2.24, 2.45) is 0 Å². The molecule has 18 heavy (non-hydrogen) atoms. The Kier molecular flexibility index (Phi) is 4.61. The van der Waals surface area contributed by atoms with Gasteiger partial charge in [0.2, 0.25) is 0 Å².